The number of pyridine rings is 2. The highest BCUT2D eigenvalue weighted by Gasteiger charge is 2.08. The van der Waals surface area contributed by atoms with Crippen LogP contribution >= 0.6 is 11.3 Å². The van der Waals surface area contributed by atoms with Crippen molar-refractivity contribution in [3.05, 3.63) is 48.3 Å². The highest BCUT2D eigenvalue weighted by Crippen LogP contribution is 2.28. The summed E-state index contributed by atoms with van der Waals surface area (Å²) in [7, 11) is 0. The second-order valence-corrected chi connectivity index (χ2v) is 6.21. The van der Waals surface area contributed by atoms with Crippen molar-refractivity contribution < 1.29 is 4.79 Å². The van der Waals surface area contributed by atoms with Crippen molar-refractivity contribution in [1.29, 1.82) is 0 Å². The van der Waals surface area contributed by atoms with E-state index in [9.17, 15) is 4.79 Å². The summed E-state index contributed by atoms with van der Waals surface area (Å²) in [5.74, 6) is 1.41. The van der Waals surface area contributed by atoms with Crippen LogP contribution in [0.1, 0.15) is 18.9 Å². The Balaban J connectivity index is 1.79. The molecule has 24 heavy (non-hydrogen) atoms. The summed E-state index contributed by atoms with van der Waals surface area (Å²) in [6, 6.07) is 9.62. The van der Waals surface area contributed by atoms with E-state index in [1.807, 2.05) is 37.3 Å². The summed E-state index contributed by atoms with van der Waals surface area (Å²) < 4.78 is 0. The van der Waals surface area contributed by atoms with Crippen LogP contribution in [0.2, 0.25) is 0 Å². The molecule has 1 amide bonds. The predicted molar refractivity (Wildman–Crippen MR) is 96.5 cm³/mol. The summed E-state index contributed by atoms with van der Waals surface area (Å²) in [5.41, 5.74) is 1.92. The number of aromatic nitrogens is 3. The number of anilines is 3. The first kappa shape index (κ1) is 16.1. The molecule has 3 rings (SSSR count). The maximum atomic E-state index is 11.4. The molecule has 3 aromatic heterocycles. The summed E-state index contributed by atoms with van der Waals surface area (Å²) in [6.45, 7) is 3.82. The zero-order valence-corrected chi connectivity index (χ0v) is 14.2. The van der Waals surface area contributed by atoms with Gasteiger partial charge in [-0.15, -0.1) is 0 Å². The molecule has 2 N–H and O–H groups in total. The van der Waals surface area contributed by atoms with Crippen molar-refractivity contribution >= 4 is 34.0 Å². The lowest BCUT2D eigenvalue weighted by atomic mass is 10.3. The van der Waals surface area contributed by atoms with Gasteiger partial charge in [0, 0.05) is 18.8 Å². The topological polar surface area (TPSA) is 79.8 Å². The van der Waals surface area contributed by atoms with Gasteiger partial charge >= 0.3 is 0 Å². The van der Waals surface area contributed by atoms with E-state index >= 15 is 0 Å². The van der Waals surface area contributed by atoms with Gasteiger partial charge in [-0.1, -0.05) is 24.3 Å². The lowest BCUT2D eigenvalue weighted by molar-refractivity contribution is -0.115. The van der Waals surface area contributed by atoms with Gasteiger partial charge in [-0.25, -0.2) is 15.0 Å². The first-order valence-corrected chi connectivity index (χ1v) is 8.38. The van der Waals surface area contributed by atoms with Crippen molar-refractivity contribution in [1.82, 2.24) is 15.0 Å². The Hall–Kier alpha value is -2.80. The van der Waals surface area contributed by atoms with Gasteiger partial charge in [0.2, 0.25) is 5.91 Å². The van der Waals surface area contributed by atoms with Crippen LogP contribution in [0, 0.1) is 6.92 Å². The molecule has 0 atom stereocenters. The summed E-state index contributed by atoms with van der Waals surface area (Å²) in [6.07, 6.45) is 3.90. The molecule has 0 bridgehead atoms. The van der Waals surface area contributed by atoms with Crippen LogP contribution in [0.25, 0.3) is 10.6 Å². The Kier molecular flexibility index (Phi) is 4.81. The number of nitrogens with zero attached hydrogens (tertiary/aromatic N) is 3. The average Bonchev–Trinajstić information content (AvgIpc) is 3.03. The molecule has 0 unspecified atom stereocenters. The van der Waals surface area contributed by atoms with E-state index in [2.05, 4.69) is 25.6 Å². The van der Waals surface area contributed by atoms with E-state index < -0.39 is 0 Å². The number of carbonyl (C=O) groups is 1. The maximum Gasteiger partial charge on any atom is 0.225 e. The molecular formula is C17H17N5OS. The number of thiazole rings is 1. The first-order chi connectivity index (χ1) is 11.6. The average molecular weight is 339 g/mol. The molecule has 0 aliphatic heterocycles. The van der Waals surface area contributed by atoms with Crippen LogP contribution in [-0.2, 0) is 4.79 Å². The number of aryl methyl sites for hydroxylation is 1. The Morgan fingerprint density at radius 3 is 2.88 bits per heavy atom. The largest absolute Gasteiger partial charge is 0.325 e. The fourth-order valence-corrected chi connectivity index (χ4v) is 2.84. The van der Waals surface area contributed by atoms with Crippen LogP contribution in [0.5, 0.6) is 0 Å². The van der Waals surface area contributed by atoms with Crippen LogP contribution in [0.4, 0.5) is 16.8 Å². The van der Waals surface area contributed by atoms with Gasteiger partial charge in [0.1, 0.15) is 11.6 Å². The van der Waals surface area contributed by atoms with E-state index in [0.29, 0.717) is 17.4 Å². The monoisotopic (exact) mass is 339 g/mol. The Morgan fingerprint density at radius 2 is 2.08 bits per heavy atom. The van der Waals surface area contributed by atoms with Crippen molar-refractivity contribution in [2.24, 2.45) is 0 Å². The van der Waals surface area contributed by atoms with Gasteiger partial charge in [-0.05, 0) is 36.8 Å². The fraction of sp³-hybridized carbons (Fsp3) is 0.176. The minimum absolute atomic E-state index is 0.0511. The van der Waals surface area contributed by atoms with Gasteiger partial charge in [0.15, 0.2) is 5.13 Å². The molecule has 0 radical (unpaired) electrons. The first-order valence-electron chi connectivity index (χ1n) is 7.57. The molecule has 0 spiro atoms. The highest BCUT2D eigenvalue weighted by molar-refractivity contribution is 7.19. The predicted octanol–water partition coefficient (Wildman–Crippen LogP) is 4.00. The second kappa shape index (κ2) is 7.18. The van der Waals surface area contributed by atoms with Crippen LogP contribution in [0.3, 0.4) is 0 Å². The highest BCUT2D eigenvalue weighted by atomic mass is 32.1. The van der Waals surface area contributed by atoms with E-state index in [1.165, 1.54) is 11.3 Å². The third-order valence-electron chi connectivity index (χ3n) is 3.25. The van der Waals surface area contributed by atoms with E-state index in [4.69, 9.17) is 0 Å². The molecule has 3 heterocycles. The molecule has 0 saturated carbocycles. The third-order valence-corrected chi connectivity index (χ3v) is 4.18. The number of hydrogen-bond acceptors (Lipinski definition) is 6. The lowest BCUT2D eigenvalue weighted by Gasteiger charge is -2.06. The Bertz CT molecular complexity index is 861. The lowest BCUT2D eigenvalue weighted by Crippen LogP contribution is -2.08. The van der Waals surface area contributed by atoms with Crippen molar-refractivity contribution in [3.63, 3.8) is 0 Å². The molecule has 122 valence electrons. The van der Waals surface area contributed by atoms with Gasteiger partial charge in [0.05, 0.1) is 10.6 Å². The second-order valence-electron chi connectivity index (χ2n) is 5.18. The molecule has 0 aromatic carbocycles. The minimum atomic E-state index is -0.0511. The quantitative estimate of drug-likeness (QED) is 0.734. The van der Waals surface area contributed by atoms with Crippen LogP contribution in [-0.4, -0.2) is 20.9 Å². The molecule has 0 aliphatic carbocycles. The Morgan fingerprint density at radius 1 is 1.21 bits per heavy atom. The molecule has 0 fully saturated rings. The zero-order valence-electron chi connectivity index (χ0n) is 13.4. The number of amides is 1. The molecular weight excluding hydrogens is 322 g/mol. The van der Waals surface area contributed by atoms with Crippen molar-refractivity contribution in [3.8, 4) is 10.6 Å². The smallest absolute Gasteiger partial charge is 0.225 e. The summed E-state index contributed by atoms with van der Waals surface area (Å²) in [4.78, 5) is 25.4. The number of rotatable bonds is 5. The fourth-order valence-electron chi connectivity index (χ4n) is 2.04. The van der Waals surface area contributed by atoms with E-state index in [-0.39, 0.29) is 5.91 Å². The number of nitrogens with one attached hydrogen (secondary N) is 2. The summed E-state index contributed by atoms with van der Waals surface area (Å²) >= 11 is 1.40. The zero-order chi connectivity index (χ0) is 16.9. The van der Waals surface area contributed by atoms with Crippen LogP contribution in [0.15, 0.2) is 42.7 Å². The molecule has 0 saturated heterocycles. The minimum Gasteiger partial charge on any atom is -0.325 e. The third kappa shape index (κ3) is 3.94. The van der Waals surface area contributed by atoms with Crippen molar-refractivity contribution in [2.45, 2.75) is 20.3 Å². The van der Waals surface area contributed by atoms with Crippen LogP contribution < -0.4 is 10.6 Å². The van der Waals surface area contributed by atoms with Gasteiger partial charge in [0.25, 0.3) is 0 Å². The number of carbonyl (C=O) groups excluding carboxylic acids is 1. The normalized spacial score (nSPS) is 10.4. The van der Waals surface area contributed by atoms with E-state index in [1.54, 1.807) is 19.3 Å². The number of hydrogen-bond donors (Lipinski definition) is 2. The van der Waals surface area contributed by atoms with Crippen molar-refractivity contribution in [2.75, 3.05) is 10.6 Å². The molecule has 6 nitrogen and oxygen atoms in total. The van der Waals surface area contributed by atoms with Gasteiger partial charge in [-0.2, -0.15) is 0 Å². The van der Waals surface area contributed by atoms with E-state index in [0.717, 1.165) is 22.0 Å². The molecule has 7 heteroatoms. The molecule has 3 aromatic rings. The van der Waals surface area contributed by atoms with Gasteiger partial charge in [-0.3, -0.25) is 4.79 Å². The Labute approximate surface area is 144 Å². The summed E-state index contributed by atoms with van der Waals surface area (Å²) in [5, 5.41) is 6.53. The van der Waals surface area contributed by atoms with Gasteiger partial charge < -0.3 is 10.6 Å². The standard InChI is InChI=1S/C17H17N5OS/c1-3-16(23)22-17-19-10-13(24-17)12-5-4-6-14(20-12)21-15-9-11(2)7-8-18-15/h4-10H,3H2,1-2H3,(H,18,20,21)(H,19,22,23). The maximum absolute atomic E-state index is 11.4. The molecule has 0 aliphatic rings. The SMILES string of the molecule is CCC(=O)Nc1ncc(-c2cccc(Nc3cc(C)ccn3)n2)s1.